The van der Waals surface area contributed by atoms with Crippen LogP contribution in [0.2, 0.25) is 5.02 Å². The molecule has 0 aliphatic carbocycles. The summed E-state index contributed by atoms with van der Waals surface area (Å²) in [7, 11) is 0. The molecular formula is C16H17BrClNS. The molecule has 0 aliphatic rings. The molecule has 0 aliphatic heterocycles. The number of benzene rings is 2. The van der Waals surface area contributed by atoms with Gasteiger partial charge in [-0.05, 0) is 54.9 Å². The van der Waals surface area contributed by atoms with Gasteiger partial charge in [0.2, 0.25) is 0 Å². The third kappa shape index (κ3) is 4.52. The molecule has 0 unspecified atom stereocenters. The predicted molar refractivity (Wildman–Crippen MR) is 91.7 cm³/mol. The Morgan fingerprint density at radius 2 is 1.90 bits per heavy atom. The van der Waals surface area contributed by atoms with Crippen LogP contribution in [-0.2, 0) is 6.54 Å². The third-order valence-electron chi connectivity index (χ3n) is 2.85. The van der Waals surface area contributed by atoms with Crippen molar-refractivity contribution in [1.82, 2.24) is 5.32 Å². The maximum atomic E-state index is 6.34. The molecule has 2 aromatic rings. The fraction of sp³-hybridized carbons (Fsp3) is 0.250. The van der Waals surface area contributed by atoms with E-state index in [1.807, 2.05) is 12.1 Å². The molecule has 1 nitrogen and oxygen atoms in total. The lowest BCUT2D eigenvalue weighted by atomic mass is 10.2. The number of hydrogen-bond acceptors (Lipinski definition) is 2. The maximum Gasteiger partial charge on any atom is 0.0462 e. The van der Waals surface area contributed by atoms with E-state index < -0.39 is 0 Å². The van der Waals surface area contributed by atoms with Gasteiger partial charge in [0.05, 0.1) is 0 Å². The topological polar surface area (TPSA) is 12.0 Å². The second-order valence-electron chi connectivity index (χ2n) is 4.45. The quantitative estimate of drug-likeness (QED) is 0.649. The monoisotopic (exact) mass is 369 g/mol. The van der Waals surface area contributed by atoms with Crippen molar-refractivity contribution in [3.05, 3.63) is 57.5 Å². The van der Waals surface area contributed by atoms with Gasteiger partial charge in [-0.15, -0.1) is 0 Å². The highest BCUT2D eigenvalue weighted by Crippen LogP contribution is 2.34. The van der Waals surface area contributed by atoms with Crippen molar-refractivity contribution in [3.8, 4) is 0 Å². The molecular weight excluding hydrogens is 354 g/mol. The van der Waals surface area contributed by atoms with Gasteiger partial charge in [-0.2, -0.15) is 0 Å². The molecule has 106 valence electrons. The van der Waals surface area contributed by atoms with Crippen LogP contribution in [0, 0.1) is 0 Å². The Kier molecular flexibility index (Phi) is 6.43. The van der Waals surface area contributed by atoms with E-state index in [4.69, 9.17) is 11.6 Å². The van der Waals surface area contributed by atoms with Crippen LogP contribution in [0.1, 0.15) is 18.9 Å². The molecule has 0 heterocycles. The molecule has 0 spiro atoms. The number of rotatable bonds is 6. The molecule has 0 atom stereocenters. The van der Waals surface area contributed by atoms with E-state index >= 15 is 0 Å². The molecule has 0 saturated heterocycles. The lowest BCUT2D eigenvalue weighted by molar-refractivity contribution is 0.669. The molecule has 20 heavy (non-hydrogen) atoms. The highest BCUT2D eigenvalue weighted by Gasteiger charge is 2.08. The summed E-state index contributed by atoms with van der Waals surface area (Å²) in [6.45, 7) is 3.98. The predicted octanol–water partition coefficient (Wildman–Crippen LogP) is 5.75. The molecule has 4 heteroatoms. The van der Waals surface area contributed by atoms with Gasteiger partial charge in [-0.3, -0.25) is 0 Å². The van der Waals surface area contributed by atoms with Crippen LogP contribution in [0.3, 0.4) is 0 Å². The van der Waals surface area contributed by atoms with Crippen molar-refractivity contribution in [2.75, 3.05) is 6.54 Å². The Balaban J connectivity index is 2.17. The van der Waals surface area contributed by atoms with E-state index in [9.17, 15) is 0 Å². The molecule has 0 aromatic heterocycles. The van der Waals surface area contributed by atoms with E-state index in [-0.39, 0.29) is 0 Å². The average Bonchev–Trinajstić information content (AvgIpc) is 2.44. The minimum Gasteiger partial charge on any atom is -0.313 e. The molecule has 0 radical (unpaired) electrons. The lowest BCUT2D eigenvalue weighted by Gasteiger charge is -2.12. The van der Waals surface area contributed by atoms with Gasteiger partial charge in [-0.25, -0.2) is 0 Å². The Labute approximate surface area is 138 Å². The summed E-state index contributed by atoms with van der Waals surface area (Å²) in [6, 6.07) is 14.4. The van der Waals surface area contributed by atoms with Crippen molar-refractivity contribution in [1.29, 1.82) is 0 Å². The van der Waals surface area contributed by atoms with Crippen LogP contribution in [0.15, 0.2) is 56.7 Å². The van der Waals surface area contributed by atoms with Crippen LogP contribution >= 0.6 is 39.3 Å². The zero-order valence-corrected chi connectivity index (χ0v) is 14.5. The summed E-state index contributed by atoms with van der Waals surface area (Å²) in [5.41, 5.74) is 1.18. The minimum absolute atomic E-state index is 0.812. The highest BCUT2D eigenvalue weighted by atomic mass is 79.9. The minimum atomic E-state index is 0.812. The molecule has 1 N–H and O–H groups in total. The first-order valence-corrected chi connectivity index (χ1v) is 8.61. The van der Waals surface area contributed by atoms with E-state index in [0.29, 0.717) is 0 Å². The first kappa shape index (κ1) is 15.9. The first-order valence-electron chi connectivity index (χ1n) is 6.62. The van der Waals surface area contributed by atoms with Crippen molar-refractivity contribution < 1.29 is 0 Å². The molecule has 0 fully saturated rings. The van der Waals surface area contributed by atoms with Gasteiger partial charge < -0.3 is 5.32 Å². The van der Waals surface area contributed by atoms with Crippen molar-refractivity contribution in [3.63, 3.8) is 0 Å². The summed E-state index contributed by atoms with van der Waals surface area (Å²) in [5, 5.41) is 4.25. The summed E-state index contributed by atoms with van der Waals surface area (Å²) in [5.74, 6) is 0. The summed E-state index contributed by atoms with van der Waals surface area (Å²) in [6.07, 6.45) is 1.12. The van der Waals surface area contributed by atoms with E-state index in [2.05, 4.69) is 58.5 Å². The van der Waals surface area contributed by atoms with Gasteiger partial charge in [0.1, 0.15) is 0 Å². The van der Waals surface area contributed by atoms with Crippen LogP contribution in [0.25, 0.3) is 0 Å². The van der Waals surface area contributed by atoms with E-state index in [1.54, 1.807) is 11.8 Å². The first-order chi connectivity index (χ1) is 9.70. The highest BCUT2D eigenvalue weighted by molar-refractivity contribution is 9.10. The van der Waals surface area contributed by atoms with Crippen LogP contribution in [0.4, 0.5) is 0 Å². The Bertz CT molecular complexity index is 557. The number of halogens is 2. The van der Waals surface area contributed by atoms with Gasteiger partial charge in [0, 0.05) is 25.8 Å². The lowest BCUT2D eigenvalue weighted by Crippen LogP contribution is -2.14. The standard InChI is InChI=1S/C16H17BrClNS/c1-2-10-19-11-14-15(18)4-3-5-16(14)20-13-8-6-12(17)7-9-13/h3-9,19H,2,10-11H2,1H3. The zero-order chi connectivity index (χ0) is 14.4. The van der Waals surface area contributed by atoms with Crippen molar-refractivity contribution in [2.45, 2.75) is 29.7 Å². The van der Waals surface area contributed by atoms with Crippen LogP contribution in [0.5, 0.6) is 0 Å². The van der Waals surface area contributed by atoms with Gasteiger partial charge >= 0.3 is 0 Å². The second-order valence-corrected chi connectivity index (χ2v) is 6.89. The van der Waals surface area contributed by atoms with Gasteiger partial charge in [0.15, 0.2) is 0 Å². The van der Waals surface area contributed by atoms with Crippen LogP contribution < -0.4 is 5.32 Å². The average molecular weight is 371 g/mol. The largest absolute Gasteiger partial charge is 0.313 e. The fourth-order valence-corrected chi connectivity index (χ4v) is 3.37. The maximum absolute atomic E-state index is 6.34. The van der Waals surface area contributed by atoms with Gasteiger partial charge in [0.25, 0.3) is 0 Å². The van der Waals surface area contributed by atoms with Crippen LogP contribution in [-0.4, -0.2) is 6.54 Å². The molecule has 0 bridgehead atoms. The smallest absolute Gasteiger partial charge is 0.0462 e. The summed E-state index contributed by atoms with van der Waals surface area (Å²) in [4.78, 5) is 2.43. The molecule has 0 saturated carbocycles. The molecule has 2 rings (SSSR count). The molecule has 2 aromatic carbocycles. The SMILES string of the molecule is CCCNCc1c(Cl)cccc1Sc1ccc(Br)cc1. The Morgan fingerprint density at radius 3 is 2.60 bits per heavy atom. The second kappa shape index (κ2) is 8.08. The number of nitrogens with one attached hydrogen (secondary N) is 1. The molecule has 0 amide bonds. The normalized spacial score (nSPS) is 10.8. The van der Waals surface area contributed by atoms with Crippen molar-refractivity contribution >= 4 is 39.3 Å². The summed E-state index contributed by atoms with van der Waals surface area (Å²) < 4.78 is 1.10. The summed E-state index contributed by atoms with van der Waals surface area (Å²) >= 11 is 11.5. The fourth-order valence-electron chi connectivity index (χ4n) is 1.83. The van der Waals surface area contributed by atoms with E-state index in [1.165, 1.54) is 15.4 Å². The van der Waals surface area contributed by atoms with E-state index in [0.717, 1.165) is 29.0 Å². The Morgan fingerprint density at radius 1 is 1.15 bits per heavy atom. The Hall–Kier alpha value is -0.480. The van der Waals surface area contributed by atoms with Crippen molar-refractivity contribution in [2.24, 2.45) is 0 Å². The number of hydrogen-bond donors (Lipinski definition) is 1. The third-order valence-corrected chi connectivity index (χ3v) is 4.84. The van der Waals surface area contributed by atoms with Gasteiger partial charge in [-0.1, -0.05) is 52.3 Å². The zero-order valence-electron chi connectivity index (χ0n) is 11.3.